The van der Waals surface area contributed by atoms with Crippen molar-refractivity contribution in [3.63, 3.8) is 0 Å². The molecule has 2 rings (SSSR count). The van der Waals surface area contributed by atoms with E-state index in [0.717, 1.165) is 29.5 Å². The van der Waals surface area contributed by atoms with Crippen LogP contribution in [0.5, 0.6) is 0 Å². The molecule has 2 aromatic carbocycles. The van der Waals surface area contributed by atoms with E-state index >= 15 is 0 Å². The highest BCUT2D eigenvalue weighted by Crippen LogP contribution is 2.09. The van der Waals surface area contributed by atoms with Crippen LogP contribution in [0.25, 0.3) is 0 Å². The number of aliphatic carboxylic acids is 1. The lowest BCUT2D eigenvalue weighted by Gasteiger charge is -1.99. The summed E-state index contributed by atoms with van der Waals surface area (Å²) in [5.41, 5.74) is 2.94. The molecule has 0 saturated heterocycles. The number of hydrogen-bond acceptors (Lipinski definition) is 2. The van der Waals surface area contributed by atoms with Crippen molar-refractivity contribution in [1.82, 2.24) is 0 Å². The second kappa shape index (κ2) is 10.2. The Bertz CT molecular complexity index is 644. The van der Waals surface area contributed by atoms with Gasteiger partial charge in [0.1, 0.15) is 0 Å². The van der Waals surface area contributed by atoms with E-state index in [1.807, 2.05) is 74.5 Å². The molecule has 3 heteroatoms. The Morgan fingerprint density at radius 2 is 1.25 bits per heavy atom. The van der Waals surface area contributed by atoms with E-state index in [-0.39, 0.29) is 5.78 Å². The van der Waals surface area contributed by atoms with Crippen LogP contribution in [0.2, 0.25) is 0 Å². The average molecular weight is 324 g/mol. The molecule has 0 fully saturated rings. The molecule has 0 aliphatic rings. The molecule has 0 atom stereocenters. The minimum Gasteiger partial charge on any atom is -0.478 e. The van der Waals surface area contributed by atoms with Crippen molar-refractivity contribution < 1.29 is 14.7 Å². The lowest BCUT2D eigenvalue weighted by molar-refractivity contribution is -0.132. The van der Waals surface area contributed by atoms with E-state index in [9.17, 15) is 9.59 Å². The predicted molar refractivity (Wildman–Crippen MR) is 97.2 cm³/mol. The summed E-state index contributed by atoms with van der Waals surface area (Å²) in [4.78, 5) is 22.2. The van der Waals surface area contributed by atoms with Gasteiger partial charge in [-0.3, -0.25) is 4.79 Å². The first-order chi connectivity index (χ1) is 11.5. The van der Waals surface area contributed by atoms with E-state index in [2.05, 4.69) is 0 Å². The maximum atomic E-state index is 11.8. The normalized spacial score (nSPS) is 11.0. The summed E-state index contributed by atoms with van der Waals surface area (Å²) in [6.45, 7) is 5.55. The Morgan fingerprint density at radius 1 is 0.833 bits per heavy atom. The first kappa shape index (κ1) is 19.4. The third-order valence-electron chi connectivity index (χ3n) is 3.66. The summed E-state index contributed by atoms with van der Waals surface area (Å²) < 4.78 is 0. The monoisotopic (exact) mass is 324 g/mol. The minimum absolute atomic E-state index is 0.0752. The number of rotatable bonds is 5. The van der Waals surface area contributed by atoms with Gasteiger partial charge in [0, 0.05) is 16.7 Å². The number of carbonyl (C=O) groups is 2. The van der Waals surface area contributed by atoms with E-state index < -0.39 is 5.97 Å². The topological polar surface area (TPSA) is 54.4 Å². The van der Waals surface area contributed by atoms with Gasteiger partial charge in [0.25, 0.3) is 0 Å². The van der Waals surface area contributed by atoms with Gasteiger partial charge in [-0.15, -0.1) is 0 Å². The molecule has 0 aliphatic heterocycles. The molecule has 2 aromatic rings. The smallest absolute Gasteiger partial charge is 0.331 e. The van der Waals surface area contributed by atoms with Gasteiger partial charge in [0.05, 0.1) is 0 Å². The Kier molecular flexibility index (Phi) is 8.20. The molecule has 0 radical (unpaired) electrons. The molecule has 0 saturated carbocycles. The number of carboxylic acids is 1. The summed E-state index contributed by atoms with van der Waals surface area (Å²) in [7, 11) is 0. The van der Waals surface area contributed by atoms with Crippen LogP contribution >= 0.6 is 0 Å². The summed E-state index contributed by atoms with van der Waals surface area (Å²) >= 11 is 0. The molecule has 0 bridgehead atoms. The minimum atomic E-state index is -0.800. The van der Waals surface area contributed by atoms with Crippen LogP contribution in [0, 0.1) is 0 Å². The van der Waals surface area contributed by atoms with Gasteiger partial charge in [-0.25, -0.2) is 4.79 Å². The highest BCUT2D eigenvalue weighted by Gasteiger charge is 2.06. The van der Waals surface area contributed by atoms with Gasteiger partial charge in [0.2, 0.25) is 0 Å². The van der Waals surface area contributed by atoms with Crippen LogP contribution in [0.15, 0.2) is 71.8 Å². The third-order valence-corrected chi connectivity index (χ3v) is 3.66. The highest BCUT2D eigenvalue weighted by atomic mass is 16.4. The van der Waals surface area contributed by atoms with Crippen LogP contribution in [0.4, 0.5) is 0 Å². The van der Waals surface area contributed by atoms with Crippen molar-refractivity contribution in [1.29, 1.82) is 0 Å². The fourth-order valence-corrected chi connectivity index (χ4v) is 2.09. The maximum Gasteiger partial charge on any atom is 0.331 e. The van der Waals surface area contributed by atoms with Crippen molar-refractivity contribution in [2.75, 3.05) is 0 Å². The molecule has 3 nitrogen and oxygen atoms in total. The van der Waals surface area contributed by atoms with Gasteiger partial charge < -0.3 is 5.11 Å². The van der Waals surface area contributed by atoms with E-state index in [1.165, 1.54) is 0 Å². The molecule has 0 aromatic heterocycles. The van der Waals surface area contributed by atoms with E-state index in [1.54, 1.807) is 6.92 Å². The number of carbonyl (C=O) groups excluding carboxylic acids is 1. The van der Waals surface area contributed by atoms with Crippen LogP contribution < -0.4 is 0 Å². The highest BCUT2D eigenvalue weighted by molar-refractivity contribution is 6.08. The van der Waals surface area contributed by atoms with Crippen LogP contribution in [-0.4, -0.2) is 16.9 Å². The molecule has 0 spiro atoms. The summed E-state index contributed by atoms with van der Waals surface area (Å²) in [5, 5.41) is 8.52. The first-order valence-electron chi connectivity index (χ1n) is 8.01. The van der Waals surface area contributed by atoms with E-state index in [4.69, 9.17) is 5.11 Å². The van der Waals surface area contributed by atoms with E-state index in [0.29, 0.717) is 5.57 Å². The van der Waals surface area contributed by atoms with Crippen LogP contribution in [-0.2, 0) is 4.79 Å². The molecule has 0 heterocycles. The van der Waals surface area contributed by atoms with Crippen molar-refractivity contribution in [3.05, 3.63) is 82.9 Å². The number of benzene rings is 2. The SMILES string of the molecule is CCCC(C)=C(C)C(=O)O.O=C(c1ccccc1)c1ccccc1. The second-order valence-corrected chi connectivity index (χ2v) is 5.52. The number of hydrogen-bond donors (Lipinski definition) is 1. The molecule has 126 valence electrons. The zero-order valence-electron chi connectivity index (χ0n) is 14.5. The third kappa shape index (κ3) is 6.21. The Balaban J connectivity index is 0.000000257. The molecular weight excluding hydrogens is 300 g/mol. The average Bonchev–Trinajstić information content (AvgIpc) is 2.62. The Morgan fingerprint density at radius 3 is 1.58 bits per heavy atom. The zero-order valence-corrected chi connectivity index (χ0v) is 14.5. The standard InChI is InChI=1S/C13H10O.C8H14O2/c14-13(11-7-3-1-4-8-11)12-9-5-2-6-10-12;1-4-5-6(2)7(3)8(9)10/h1-10H;4-5H2,1-3H3,(H,9,10). The number of ketones is 1. The quantitative estimate of drug-likeness (QED) is 0.613. The molecule has 24 heavy (non-hydrogen) atoms. The van der Waals surface area contributed by atoms with Crippen LogP contribution in [0.1, 0.15) is 49.5 Å². The first-order valence-corrected chi connectivity index (χ1v) is 8.01. The van der Waals surface area contributed by atoms with Gasteiger partial charge in [-0.05, 0) is 20.3 Å². The molecule has 1 N–H and O–H groups in total. The lowest BCUT2D eigenvalue weighted by Crippen LogP contribution is -1.99. The summed E-state index contributed by atoms with van der Waals surface area (Å²) in [6, 6.07) is 18.6. The van der Waals surface area contributed by atoms with Gasteiger partial charge in [-0.2, -0.15) is 0 Å². The fourth-order valence-electron chi connectivity index (χ4n) is 2.09. The summed E-state index contributed by atoms with van der Waals surface area (Å²) in [5.74, 6) is -0.725. The van der Waals surface area contributed by atoms with Gasteiger partial charge in [0.15, 0.2) is 5.78 Å². The predicted octanol–water partition coefficient (Wildman–Crippen LogP) is 5.13. The second-order valence-electron chi connectivity index (χ2n) is 5.52. The Labute approximate surface area is 143 Å². The molecule has 0 aliphatic carbocycles. The number of carboxylic acid groups (broad SMARTS) is 1. The molecule has 0 unspecified atom stereocenters. The Hall–Kier alpha value is -2.68. The van der Waals surface area contributed by atoms with Crippen molar-refractivity contribution in [2.45, 2.75) is 33.6 Å². The maximum absolute atomic E-state index is 11.8. The molecule has 0 amide bonds. The van der Waals surface area contributed by atoms with Crippen LogP contribution in [0.3, 0.4) is 0 Å². The molecular formula is C21H24O3. The summed E-state index contributed by atoms with van der Waals surface area (Å²) in [6.07, 6.45) is 1.90. The van der Waals surface area contributed by atoms with Crippen molar-refractivity contribution in [2.24, 2.45) is 0 Å². The largest absolute Gasteiger partial charge is 0.478 e. The van der Waals surface area contributed by atoms with Gasteiger partial charge >= 0.3 is 5.97 Å². The number of allylic oxidation sites excluding steroid dienone is 1. The fraction of sp³-hybridized carbons (Fsp3) is 0.238. The van der Waals surface area contributed by atoms with Gasteiger partial charge in [-0.1, -0.05) is 79.6 Å². The lowest BCUT2D eigenvalue weighted by atomic mass is 10.0. The zero-order chi connectivity index (χ0) is 17.9. The van der Waals surface area contributed by atoms with Crippen molar-refractivity contribution in [3.8, 4) is 0 Å². The van der Waals surface area contributed by atoms with Crippen molar-refractivity contribution >= 4 is 11.8 Å².